The number of ether oxygens (including phenoxy) is 1. The van der Waals surface area contributed by atoms with Gasteiger partial charge in [-0.1, -0.05) is 11.6 Å². The first kappa shape index (κ1) is 29.8. The molecule has 5 amide bonds. The Bertz CT molecular complexity index is 1430. The summed E-state index contributed by atoms with van der Waals surface area (Å²) in [5.74, 6) is -1.48. The highest BCUT2D eigenvalue weighted by Gasteiger charge is 2.31. The number of nitrogens with zero attached hydrogens (tertiary/aromatic N) is 4. The smallest absolute Gasteiger partial charge is 0.319 e. The predicted octanol–water partition coefficient (Wildman–Crippen LogP) is 3.78. The molecule has 0 radical (unpaired) electrons. The van der Waals surface area contributed by atoms with Gasteiger partial charge in [-0.15, -0.1) is 0 Å². The number of fused-ring (bicyclic) bond motifs is 1. The maximum Gasteiger partial charge on any atom is 0.319 e. The Balaban J connectivity index is 1.63. The zero-order valence-electron chi connectivity index (χ0n) is 23.4. The minimum absolute atomic E-state index is 0.105. The molecule has 0 aliphatic carbocycles. The number of halogens is 1. The van der Waals surface area contributed by atoms with E-state index in [-0.39, 0.29) is 41.0 Å². The Hall–Kier alpha value is -4.16. The molecular formula is C28H33ClN6O6. The van der Waals surface area contributed by atoms with Crippen LogP contribution in [0.2, 0.25) is 5.02 Å². The summed E-state index contributed by atoms with van der Waals surface area (Å²) >= 11 is 5.90. The lowest BCUT2D eigenvalue weighted by Gasteiger charge is -2.33. The molecule has 2 N–H and O–H groups in total. The first-order chi connectivity index (χ1) is 19.6. The zero-order valence-corrected chi connectivity index (χ0v) is 24.2. The van der Waals surface area contributed by atoms with Crippen molar-refractivity contribution < 1.29 is 28.3 Å². The number of pyridine rings is 1. The van der Waals surface area contributed by atoms with E-state index in [0.29, 0.717) is 60.6 Å². The summed E-state index contributed by atoms with van der Waals surface area (Å²) in [5.41, 5.74) is 0.823. The third kappa shape index (κ3) is 6.95. The molecule has 1 aliphatic rings. The maximum absolute atomic E-state index is 13.4. The number of amides is 5. The van der Waals surface area contributed by atoms with Crippen LogP contribution >= 0.6 is 11.6 Å². The van der Waals surface area contributed by atoms with Crippen molar-refractivity contribution in [3.05, 3.63) is 52.9 Å². The number of benzene rings is 1. The quantitative estimate of drug-likeness (QED) is 0.411. The number of likely N-dealkylation sites (tertiary alicyclic amines) is 1. The number of carbonyl (C=O) groups excluding carboxylic acids is 4. The van der Waals surface area contributed by atoms with Gasteiger partial charge < -0.3 is 34.5 Å². The van der Waals surface area contributed by atoms with Gasteiger partial charge in [0.25, 0.3) is 11.8 Å². The van der Waals surface area contributed by atoms with Crippen molar-refractivity contribution in [2.45, 2.75) is 12.8 Å². The number of likely N-dealkylation sites (N-methyl/N-ethyl adjacent to an activating group) is 1. The number of methoxy groups -OCH3 is 1. The fraction of sp³-hybridized carbons (Fsp3) is 0.393. The largest absolute Gasteiger partial charge is 0.449 e. The Morgan fingerprint density at radius 3 is 2.46 bits per heavy atom. The second-order valence-electron chi connectivity index (χ2n) is 9.98. The second-order valence-corrected chi connectivity index (χ2v) is 10.4. The van der Waals surface area contributed by atoms with Crippen LogP contribution < -0.4 is 10.6 Å². The summed E-state index contributed by atoms with van der Waals surface area (Å²) in [6, 6.07) is 7.80. The van der Waals surface area contributed by atoms with Gasteiger partial charge in [0.2, 0.25) is 11.7 Å². The van der Waals surface area contributed by atoms with Gasteiger partial charge >= 0.3 is 6.03 Å². The summed E-state index contributed by atoms with van der Waals surface area (Å²) in [7, 11) is 6.59. The molecule has 3 heterocycles. The number of carbonyl (C=O) groups is 4. The minimum Gasteiger partial charge on any atom is -0.449 e. The van der Waals surface area contributed by atoms with E-state index in [2.05, 4.69) is 15.6 Å². The number of piperidine rings is 1. The minimum atomic E-state index is -0.636. The normalized spacial score (nSPS) is 13.6. The SMILES string of the molecule is COCCN(C)C(=O)c1ccc2oc(C(=O)Nc3ccc(Cl)cn3)c(NC(=O)C3CCN(C(=O)N(C)C)CC3)c2c1. The molecule has 3 aromatic rings. The van der Waals surface area contributed by atoms with E-state index in [4.69, 9.17) is 20.8 Å². The van der Waals surface area contributed by atoms with Gasteiger partial charge in [-0.3, -0.25) is 14.4 Å². The number of anilines is 2. The number of rotatable bonds is 8. The summed E-state index contributed by atoms with van der Waals surface area (Å²) in [6.07, 6.45) is 2.32. The Morgan fingerprint density at radius 2 is 1.83 bits per heavy atom. The molecule has 1 saturated heterocycles. The van der Waals surface area contributed by atoms with E-state index in [1.54, 1.807) is 57.4 Å². The van der Waals surface area contributed by atoms with E-state index in [1.165, 1.54) is 22.1 Å². The first-order valence-electron chi connectivity index (χ1n) is 13.1. The lowest BCUT2D eigenvalue weighted by molar-refractivity contribution is -0.121. The van der Waals surface area contributed by atoms with Crippen molar-refractivity contribution in [1.82, 2.24) is 19.7 Å². The van der Waals surface area contributed by atoms with Gasteiger partial charge in [0.05, 0.1) is 11.6 Å². The number of nitrogens with one attached hydrogen (secondary N) is 2. The molecule has 12 nitrogen and oxygen atoms in total. The summed E-state index contributed by atoms with van der Waals surface area (Å²) in [6.45, 7) is 1.63. The molecule has 2 aromatic heterocycles. The van der Waals surface area contributed by atoms with E-state index in [9.17, 15) is 19.2 Å². The summed E-state index contributed by atoms with van der Waals surface area (Å²) in [5, 5.41) is 6.35. The summed E-state index contributed by atoms with van der Waals surface area (Å²) < 4.78 is 11.0. The van der Waals surface area contributed by atoms with Gasteiger partial charge in [-0.05, 0) is 43.2 Å². The highest BCUT2D eigenvalue weighted by Crippen LogP contribution is 2.34. The van der Waals surface area contributed by atoms with Crippen LogP contribution in [0, 0.1) is 5.92 Å². The van der Waals surface area contributed by atoms with Crippen LogP contribution in [0.1, 0.15) is 33.8 Å². The zero-order chi connectivity index (χ0) is 29.7. The van der Waals surface area contributed by atoms with Crippen LogP contribution in [0.4, 0.5) is 16.3 Å². The van der Waals surface area contributed by atoms with Crippen molar-refractivity contribution in [2.24, 2.45) is 5.92 Å². The Morgan fingerprint density at radius 1 is 1.10 bits per heavy atom. The lowest BCUT2D eigenvalue weighted by Crippen LogP contribution is -2.45. The molecule has 0 atom stereocenters. The van der Waals surface area contributed by atoms with Crippen LogP contribution in [0.3, 0.4) is 0 Å². The number of aromatic nitrogens is 1. The van der Waals surface area contributed by atoms with Crippen molar-refractivity contribution in [2.75, 3.05) is 65.1 Å². The Kier molecular flexibility index (Phi) is 9.46. The molecule has 1 aromatic carbocycles. The van der Waals surface area contributed by atoms with Crippen LogP contribution in [-0.4, -0.2) is 97.9 Å². The summed E-state index contributed by atoms with van der Waals surface area (Å²) in [4.78, 5) is 60.9. The number of urea groups is 1. The number of hydrogen-bond acceptors (Lipinski definition) is 7. The van der Waals surface area contributed by atoms with Crippen LogP contribution in [0.15, 0.2) is 40.9 Å². The molecular weight excluding hydrogens is 552 g/mol. The van der Waals surface area contributed by atoms with Gasteiger partial charge in [-0.2, -0.15) is 0 Å². The molecule has 4 rings (SSSR count). The van der Waals surface area contributed by atoms with Crippen LogP contribution in [0.25, 0.3) is 11.0 Å². The van der Waals surface area contributed by atoms with Gasteiger partial charge in [0.15, 0.2) is 0 Å². The second kappa shape index (κ2) is 13.0. The fourth-order valence-corrected chi connectivity index (χ4v) is 4.64. The molecule has 0 saturated carbocycles. The molecule has 0 spiro atoms. The highest BCUT2D eigenvalue weighted by atomic mass is 35.5. The third-order valence-corrected chi connectivity index (χ3v) is 7.08. The number of furan rings is 1. The standard InChI is InChI=1S/C28H33ClN6O6/c1-33(2)28(39)35-11-9-17(10-12-35)25(36)32-23-20-15-18(27(38)34(3)13-14-40-4)5-7-21(20)41-24(23)26(37)31-22-8-6-19(29)16-30-22/h5-8,15-17H,9-14H2,1-4H3,(H,32,36)(H,30,31,37). The monoisotopic (exact) mass is 584 g/mol. The van der Waals surface area contributed by atoms with Crippen molar-refractivity contribution in [3.63, 3.8) is 0 Å². The molecule has 1 fully saturated rings. The first-order valence-corrected chi connectivity index (χ1v) is 13.5. The third-order valence-electron chi connectivity index (χ3n) is 6.85. The Labute approximate surface area is 242 Å². The molecule has 218 valence electrons. The molecule has 0 bridgehead atoms. The average molecular weight is 585 g/mol. The topological polar surface area (TPSA) is 137 Å². The lowest BCUT2D eigenvalue weighted by atomic mass is 9.96. The van der Waals surface area contributed by atoms with E-state index in [1.807, 2.05) is 0 Å². The maximum atomic E-state index is 13.4. The molecule has 41 heavy (non-hydrogen) atoms. The van der Waals surface area contributed by atoms with Crippen molar-refractivity contribution in [3.8, 4) is 0 Å². The highest BCUT2D eigenvalue weighted by molar-refractivity contribution is 6.30. The molecule has 1 aliphatic heterocycles. The number of hydrogen-bond donors (Lipinski definition) is 2. The van der Waals surface area contributed by atoms with Crippen LogP contribution in [-0.2, 0) is 9.53 Å². The molecule has 13 heteroatoms. The van der Waals surface area contributed by atoms with E-state index in [0.717, 1.165) is 0 Å². The van der Waals surface area contributed by atoms with E-state index >= 15 is 0 Å². The predicted molar refractivity (Wildman–Crippen MR) is 154 cm³/mol. The fourth-order valence-electron chi connectivity index (χ4n) is 4.53. The van der Waals surface area contributed by atoms with Gasteiger partial charge in [0.1, 0.15) is 17.1 Å². The van der Waals surface area contributed by atoms with Crippen molar-refractivity contribution >= 4 is 57.8 Å². The molecule has 0 unspecified atom stereocenters. The average Bonchev–Trinajstić information content (AvgIpc) is 3.33. The van der Waals surface area contributed by atoms with Gasteiger partial charge in [0, 0.05) is 71.0 Å². The van der Waals surface area contributed by atoms with E-state index < -0.39 is 5.91 Å². The van der Waals surface area contributed by atoms with Crippen molar-refractivity contribution in [1.29, 1.82) is 0 Å². The van der Waals surface area contributed by atoms with Gasteiger partial charge in [-0.25, -0.2) is 9.78 Å². The van der Waals surface area contributed by atoms with Crippen LogP contribution in [0.5, 0.6) is 0 Å².